The molecule has 1 aliphatic heterocycles. The highest BCUT2D eigenvalue weighted by Crippen LogP contribution is 2.45. The number of anilines is 1. The van der Waals surface area contributed by atoms with Gasteiger partial charge in [0.2, 0.25) is 0 Å². The molecule has 4 heterocycles. The van der Waals surface area contributed by atoms with Crippen molar-refractivity contribution in [2.45, 2.75) is 56.3 Å². The zero-order valence-corrected chi connectivity index (χ0v) is 16.8. The molecular formula is C20H25N7O4. The third-order valence-corrected chi connectivity index (χ3v) is 6.97. The minimum Gasteiger partial charge on any atom is -0.394 e. The van der Waals surface area contributed by atoms with Gasteiger partial charge in [-0.3, -0.25) is 4.57 Å². The van der Waals surface area contributed by atoms with Crippen LogP contribution in [0.3, 0.4) is 0 Å². The summed E-state index contributed by atoms with van der Waals surface area (Å²) in [6.07, 6.45) is 5.64. The van der Waals surface area contributed by atoms with E-state index in [1.807, 2.05) is 0 Å². The van der Waals surface area contributed by atoms with Crippen LogP contribution in [0.25, 0.3) is 17.1 Å². The summed E-state index contributed by atoms with van der Waals surface area (Å²) in [4.78, 5) is 13.8. The maximum Gasteiger partial charge on any atom is 0.254 e. The predicted molar refractivity (Wildman–Crippen MR) is 108 cm³/mol. The van der Waals surface area contributed by atoms with E-state index >= 15 is 0 Å². The van der Waals surface area contributed by atoms with Gasteiger partial charge in [-0.15, -0.1) is 0 Å². The lowest BCUT2D eigenvalue weighted by molar-refractivity contribution is -0.0511. The van der Waals surface area contributed by atoms with Crippen LogP contribution >= 0.6 is 0 Å². The van der Waals surface area contributed by atoms with Crippen LogP contribution < -0.4 is 5.32 Å². The molecule has 2 bridgehead atoms. The fourth-order valence-electron chi connectivity index (χ4n) is 5.39. The molecule has 6 rings (SSSR count). The summed E-state index contributed by atoms with van der Waals surface area (Å²) in [7, 11) is 0. The summed E-state index contributed by atoms with van der Waals surface area (Å²) in [6.45, 7) is -0.397. The first kappa shape index (κ1) is 19.1. The maximum absolute atomic E-state index is 10.5. The Morgan fingerprint density at radius 3 is 2.74 bits per heavy atom. The van der Waals surface area contributed by atoms with Gasteiger partial charge >= 0.3 is 0 Å². The molecule has 11 nitrogen and oxygen atoms in total. The van der Waals surface area contributed by atoms with Crippen LogP contribution in [0.5, 0.6) is 0 Å². The number of aliphatic hydroxyl groups excluding tert-OH is 3. The van der Waals surface area contributed by atoms with Crippen molar-refractivity contribution < 1.29 is 20.1 Å². The van der Waals surface area contributed by atoms with E-state index in [2.05, 4.69) is 20.4 Å². The second kappa shape index (κ2) is 7.23. The Balaban J connectivity index is 1.43. The van der Waals surface area contributed by atoms with Crippen LogP contribution in [0.2, 0.25) is 0 Å². The number of hydrogen-bond acceptors (Lipinski definition) is 9. The molecule has 3 aliphatic rings. The number of aromatic nitrogens is 6. The van der Waals surface area contributed by atoms with Crippen molar-refractivity contribution in [1.29, 1.82) is 0 Å². The van der Waals surface area contributed by atoms with E-state index in [0.29, 0.717) is 34.9 Å². The molecule has 4 N–H and O–H groups in total. The van der Waals surface area contributed by atoms with Crippen molar-refractivity contribution in [3.05, 3.63) is 24.8 Å². The number of fused-ring (bicyclic) bond motifs is 3. The Kier molecular flexibility index (Phi) is 4.46. The van der Waals surface area contributed by atoms with Gasteiger partial charge in [0.25, 0.3) is 5.95 Å². The topological polar surface area (TPSA) is 143 Å². The van der Waals surface area contributed by atoms with Crippen molar-refractivity contribution in [2.24, 2.45) is 11.8 Å². The van der Waals surface area contributed by atoms with E-state index in [-0.39, 0.29) is 0 Å². The van der Waals surface area contributed by atoms with Gasteiger partial charge in [-0.1, -0.05) is 6.42 Å². The van der Waals surface area contributed by atoms with Gasteiger partial charge in [0.15, 0.2) is 23.2 Å². The minimum absolute atomic E-state index is 0.349. The maximum atomic E-state index is 10.5. The van der Waals surface area contributed by atoms with E-state index in [0.717, 1.165) is 12.3 Å². The molecular weight excluding hydrogens is 402 g/mol. The number of ether oxygens (including phenoxy) is 1. The Morgan fingerprint density at radius 2 is 2.06 bits per heavy atom. The SMILES string of the molecule is OC[C@H]1O[C@@H](n2cnc3c(NC4CC5CCC4C5)nc(-n4cccn4)nc32)[C@H](O)[C@@H]1O. The molecule has 3 fully saturated rings. The molecule has 1 saturated heterocycles. The Hall–Kier alpha value is -2.60. The number of nitrogens with one attached hydrogen (secondary N) is 1. The highest BCUT2D eigenvalue weighted by Gasteiger charge is 2.44. The second-order valence-electron chi connectivity index (χ2n) is 8.80. The Bertz CT molecular complexity index is 1090. The van der Waals surface area contributed by atoms with Crippen molar-refractivity contribution >= 4 is 17.0 Å². The van der Waals surface area contributed by atoms with E-state index in [1.165, 1.54) is 25.6 Å². The van der Waals surface area contributed by atoms with Crippen LogP contribution in [-0.2, 0) is 4.74 Å². The summed E-state index contributed by atoms with van der Waals surface area (Å²) in [6, 6.07) is 2.14. The largest absolute Gasteiger partial charge is 0.394 e. The van der Waals surface area contributed by atoms with Crippen molar-refractivity contribution in [3.8, 4) is 5.95 Å². The van der Waals surface area contributed by atoms with Gasteiger partial charge in [0.1, 0.15) is 18.3 Å². The van der Waals surface area contributed by atoms with Gasteiger partial charge < -0.3 is 25.4 Å². The van der Waals surface area contributed by atoms with E-state index < -0.39 is 31.1 Å². The summed E-state index contributed by atoms with van der Waals surface area (Å²) in [5, 5.41) is 38.0. The molecule has 7 atom stereocenters. The molecule has 0 aromatic carbocycles. The number of aliphatic hydroxyl groups is 3. The quantitative estimate of drug-likeness (QED) is 0.450. The third-order valence-electron chi connectivity index (χ3n) is 6.97. The third kappa shape index (κ3) is 3.03. The monoisotopic (exact) mass is 427 g/mol. The lowest BCUT2D eigenvalue weighted by atomic mass is 9.95. The number of imidazole rings is 1. The van der Waals surface area contributed by atoms with Gasteiger partial charge in [-0.25, -0.2) is 9.67 Å². The average Bonchev–Trinajstić information content (AvgIpc) is 3.59. The smallest absolute Gasteiger partial charge is 0.254 e. The molecule has 2 aliphatic carbocycles. The van der Waals surface area contributed by atoms with Gasteiger partial charge in [-0.05, 0) is 37.2 Å². The standard InChI is InChI=1S/C20H25N7O4/c28-8-13-15(29)16(30)19(31-13)26-9-21-14-17(23-12-7-10-2-3-11(12)6-10)24-20(25-18(14)26)27-5-1-4-22-27/h1,4-5,9-13,15-16,19,28-30H,2-3,6-8H2,(H,23,24,25)/t10?,11?,12?,13-,15-,16-,19-/m1/s1. The Labute approximate surface area is 177 Å². The lowest BCUT2D eigenvalue weighted by Crippen LogP contribution is -2.33. The first-order valence-corrected chi connectivity index (χ1v) is 10.8. The summed E-state index contributed by atoms with van der Waals surface area (Å²) in [5.74, 6) is 2.42. The van der Waals surface area contributed by atoms with Crippen LogP contribution in [0.15, 0.2) is 24.8 Å². The second-order valence-corrected chi connectivity index (χ2v) is 8.80. The van der Waals surface area contributed by atoms with E-state index in [9.17, 15) is 15.3 Å². The molecule has 2 saturated carbocycles. The van der Waals surface area contributed by atoms with Crippen molar-refractivity contribution in [3.63, 3.8) is 0 Å². The van der Waals surface area contributed by atoms with Crippen LogP contribution in [0, 0.1) is 11.8 Å². The molecule has 11 heteroatoms. The van der Waals surface area contributed by atoms with Crippen LogP contribution in [0.1, 0.15) is 31.9 Å². The van der Waals surface area contributed by atoms with Gasteiger partial charge in [0.05, 0.1) is 12.9 Å². The molecule has 3 aromatic rings. The minimum atomic E-state index is -1.22. The Morgan fingerprint density at radius 1 is 1.16 bits per heavy atom. The fourth-order valence-corrected chi connectivity index (χ4v) is 5.39. The number of rotatable bonds is 5. The van der Waals surface area contributed by atoms with Crippen molar-refractivity contribution in [1.82, 2.24) is 29.3 Å². The zero-order valence-electron chi connectivity index (χ0n) is 16.8. The highest BCUT2D eigenvalue weighted by molar-refractivity contribution is 5.84. The van der Waals surface area contributed by atoms with Crippen LogP contribution in [0.4, 0.5) is 5.82 Å². The lowest BCUT2D eigenvalue weighted by Gasteiger charge is -2.23. The first-order chi connectivity index (χ1) is 15.1. The number of nitrogens with zero attached hydrogens (tertiary/aromatic N) is 6. The van der Waals surface area contributed by atoms with E-state index in [4.69, 9.17) is 9.72 Å². The first-order valence-electron chi connectivity index (χ1n) is 10.8. The van der Waals surface area contributed by atoms with Crippen molar-refractivity contribution in [2.75, 3.05) is 11.9 Å². The average molecular weight is 427 g/mol. The molecule has 31 heavy (non-hydrogen) atoms. The van der Waals surface area contributed by atoms with E-state index in [1.54, 1.807) is 27.7 Å². The van der Waals surface area contributed by atoms with Crippen LogP contribution in [-0.4, -0.2) is 75.6 Å². The van der Waals surface area contributed by atoms with Gasteiger partial charge in [-0.2, -0.15) is 15.1 Å². The molecule has 0 spiro atoms. The molecule has 3 unspecified atom stereocenters. The zero-order chi connectivity index (χ0) is 21.1. The molecule has 164 valence electrons. The summed E-state index contributed by atoms with van der Waals surface area (Å²) in [5.41, 5.74) is 1.03. The molecule has 0 amide bonds. The number of hydrogen-bond donors (Lipinski definition) is 4. The van der Waals surface area contributed by atoms with Gasteiger partial charge in [0, 0.05) is 18.4 Å². The summed E-state index contributed by atoms with van der Waals surface area (Å²) >= 11 is 0. The highest BCUT2D eigenvalue weighted by atomic mass is 16.6. The predicted octanol–water partition coefficient (Wildman–Crippen LogP) is 0.224. The molecule has 0 radical (unpaired) electrons. The molecule has 3 aromatic heterocycles. The normalized spacial score (nSPS) is 34.7. The summed E-state index contributed by atoms with van der Waals surface area (Å²) < 4.78 is 8.85. The fraction of sp³-hybridized carbons (Fsp3) is 0.600.